The second-order valence-electron chi connectivity index (χ2n) is 9.35. The number of aryl methyl sites for hydroxylation is 2. The van der Waals surface area contributed by atoms with E-state index in [9.17, 15) is 9.59 Å². The summed E-state index contributed by atoms with van der Waals surface area (Å²) >= 11 is 0. The van der Waals surface area contributed by atoms with Crippen molar-refractivity contribution < 1.29 is 38.0 Å². The summed E-state index contributed by atoms with van der Waals surface area (Å²) in [5.74, 6) is 1.97. The zero-order valence-corrected chi connectivity index (χ0v) is 24.6. The molecule has 0 spiro atoms. The fourth-order valence-corrected chi connectivity index (χ4v) is 4.77. The van der Waals surface area contributed by atoms with Gasteiger partial charge in [-0.3, -0.25) is 9.59 Å². The first kappa shape index (κ1) is 30.0. The normalized spacial score (nSPS) is 10.5. The zero-order valence-electron chi connectivity index (χ0n) is 24.6. The number of rotatable bonds is 13. The highest BCUT2D eigenvalue weighted by Gasteiger charge is 2.25. The van der Waals surface area contributed by atoms with Crippen molar-refractivity contribution in [1.82, 2.24) is 0 Å². The summed E-state index contributed by atoms with van der Waals surface area (Å²) in [5.41, 5.74) is 3.79. The van der Waals surface area contributed by atoms with Crippen molar-refractivity contribution in [3.63, 3.8) is 0 Å². The molecule has 0 fully saturated rings. The Balaban J connectivity index is 1.76. The van der Waals surface area contributed by atoms with Crippen LogP contribution in [0.1, 0.15) is 31.8 Å². The molecule has 218 valence electrons. The predicted octanol–water partition coefficient (Wildman–Crippen LogP) is 6.26. The van der Waals surface area contributed by atoms with Gasteiger partial charge in [0.2, 0.25) is 11.6 Å². The number of ketones is 2. The van der Waals surface area contributed by atoms with E-state index >= 15 is 0 Å². The summed E-state index contributed by atoms with van der Waals surface area (Å²) in [6.45, 7) is 0. The third kappa shape index (κ3) is 6.33. The molecule has 0 saturated heterocycles. The minimum absolute atomic E-state index is 0.193. The number of benzene rings is 4. The maximum absolute atomic E-state index is 13.7. The summed E-state index contributed by atoms with van der Waals surface area (Å²) in [4.78, 5) is 27.2. The van der Waals surface area contributed by atoms with Crippen LogP contribution in [0.5, 0.6) is 34.5 Å². The predicted molar refractivity (Wildman–Crippen MR) is 160 cm³/mol. The van der Waals surface area contributed by atoms with Gasteiger partial charge < -0.3 is 28.4 Å². The van der Waals surface area contributed by atoms with Crippen LogP contribution in [0.25, 0.3) is 11.1 Å². The lowest BCUT2D eigenvalue weighted by molar-refractivity contribution is 0.0817. The fourth-order valence-electron chi connectivity index (χ4n) is 4.77. The number of hydrogen-bond donors (Lipinski definition) is 0. The Labute approximate surface area is 245 Å². The molecule has 0 atom stereocenters. The molecule has 0 aromatic heterocycles. The van der Waals surface area contributed by atoms with Crippen LogP contribution < -0.4 is 28.4 Å². The molecule has 0 N–H and O–H groups in total. The van der Waals surface area contributed by atoms with Crippen LogP contribution in [0.3, 0.4) is 0 Å². The van der Waals surface area contributed by atoms with Crippen molar-refractivity contribution in [2.45, 2.75) is 12.8 Å². The van der Waals surface area contributed by atoms with E-state index in [1.54, 1.807) is 58.8 Å². The van der Waals surface area contributed by atoms with E-state index in [2.05, 4.69) is 0 Å². The number of methoxy groups -OCH3 is 6. The van der Waals surface area contributed by atoms with Crippen molar-refractivity contribution >= 4 is 11.6 Å². The third-order valence-corrected chi connectivity index (χ3v) is 7.06. The van der Waals surface area contributed by atoms with Crippen LogP contribution in [0.15, 0.2) is 72.8 Å². The summed E-state index contributed by atoms with van der Waals surface area (Å²) in [5, 5.41) is 0. The largest absolute Gasteiger partial charge is 0.497 e. The molecule has 4 rings (SSSR count). The van der Waals surface area contributed by atoms with Gasteiger partial charge in [0.05, 0.1) is 42.7 Å². The van der Waals surface area contributed by atoms with Gasteiger partial charge in [0.15, 0.2) is 23.0 Å². The van der Waals surface area contributed by atoms with Crippen LogP contribution in [-0.4, -0.2) is 54.2 Å². The van der Waals surface area contributed by atoms with Gasteiger partial charge in [-0.05, 0) is 95.8 Å². The first-order valence-corrected chi connectivity index (χ1v) is 13.2. The summed E-state index contributed by atoms with van der Waals surface area (Å²) in [6, 6.07) is 21.2. The van der Waals surface area contributed by atoms with Gasteiger partial charge in [-0.2, -0.15) is 0 Å². The van der Waals surface area contributed by atoms with Crippen molar-refractivity contribution in [1.29, 1.82) is 0 Å². The summed E-state index contributed by atoms with van der Waals surface area (Å²) in [7, 11) is 9.32. The second-order valence-corrected chi connectivity index (χ2v) is 9.35. The molecule has 0 heterocycles. The van der Waals surface area contributed by atoms with Gasteiger partial charge in [0.25, 0.3) is 0 Å². The van der Waals surface area contributed by atoms with Gasteiger partial charge in [0, 0.05) is 11.1 Å². The topological polar surface area (TPSA) is 89.5 Å². The van der Waals surface area contributed by atoms with Crippen molar-refractivity contribution in [2.24, 2.45) is 0 Å². The molecular weight excluding hydrogens is 536 g/mol. The maximum Gasteiger partial charge on any atom is 0.234 e. The van der Waals surface area contributed by atoms with E-state index in [0.29, 0.717) is 52.9 Å². The second kappa shape index (κ2) is 13.6. The van der Waals surface area contributed by atoms with Crippen molar-refractivity contribution in [3.8, 4) is 45.6 Å². The van der Waals surface area contributed by atoms with E-state index < -0.39 is 11.6 Å². The SMILES string of the molecule is COc1ccc(CCc2ccc(OC)c(OC)c2)c(-c2cc(OC)ccc2C(=O)C(=O)c2ccc(OC)c(OC)c2)c1. The van der Waals surface area contributed by atoms with E-state index in [0.717, 1.165) is 16.7 Å². The van der Waals surface area contributed by atoms with Crippen LogP contribution >= 0.6 is 0 Å². The first-order valence-electron chi connectivity index (χ1n) is 13.2. The molecule has 42 heavy (non-hydrogen) atoms. The van der Waals surface area contributed by atoms with E-state index in [1.165, 1.54) is 20.3 Å². The monoisotopic (exact) mass is 570 g/mol. The van der Waals surface area contributed by atoms with Crippen LogP contribution in [0.2, 0.25) is 0 Å². The van der Waals surface area contributed by atoms with Gasteiger partial charge in [-0.25, -0.2) is 0 Å². The fraction of sp³-hybridized carbons (Fsp3) is 0.235. The molecule has 8 heteroatoms. The number of hydrogen-bond acceptors (Lipinski definition) is 8. The van der Waals surface area contributed by atoms with Gasteiger partial charge in [-0.15, -0.1) is 0 Å². The van der Waals surface area contributed by atoms with Crippen LogP contribution in [0.4, 0.5) is 0 Å². The molecular formula is C34H34O8. The lowest BCUT2D eigenvalue weighted by Gasteiger charge is -2.17. The standard InChI is InChI=1S/C34H34O8/c1-37-24-12-10-22(9-7-21-8-15-29(39-3)31(17-21)41-5)27(19-24)28-20-25(38-2)13-14-26(28)34(36)33(35)23-11-16-30(40-4)32(18-23)42-6/h8,10-20H,7,9H2,1-6H3. The van der Waals surface area contributed by atoms with E-state index in [1.807, 2.05) is 36.4 Å². The lowest BCUT2D eigenvalue weighted by atomic mass is 9.89. The summed E-state index contributed by atoms with van der Waals surface area (Å²) < 4.78 is 32.5. The highest BCUT2D eigenvalue weighted by Crippen LogP contribution is 2.36. The smallest absolute Gasteiger partial charge is 0.234 e. The Kier molecular flexibility index (Phi) is 9.70. The average Bonchev–Trinajstić information content (AvgIpc) is 3.05. The number of carbonyl (C=O) groups is 2. The molecule has 0 aliphatic carbocycles. The van der Waals surface area contributed by atoms with E-state index in [-0.39, 0.29) is 11.1 Å². The highest BCUT2D eigenvalue weighted by atomic mass is 16.5. The Morgan fingerprint density at radius 3 is 1.69 bits per heavy atom. The Morgan fingerprint density at radius 1 is 0.500 bits per heavy atom. The molecule has 0 saturated carbocycles. The maximum atomic E-state index is 13.7. The van der Waals surface area contributed by atoms with Crippen molar-refractivity contribution in [2.75, 3.05) is 42.7 Å². The highest BCUT2D eigenvalue weighted by molar-refractivity contribution is 6.50. The van der Waals surface area contributed by atoms with Crippen LogP contribution in [-0.2, 0) is 12.8 Å². The van der Waals surface area contributed by atoms with Gasteiger partial charge >= 0.3 is 0 Å². The zero-order chi connectivity index (χ0) is 30.2. The molecule has 0 amide bonds. The van der Waals surface area contributed by atoms with E-state index in [4.69, 9.17) is 28.4 Å². The third-order valence-electron chi connectivity index (χ3n) is 7.06. The Morgan fingerprint density at radius 2 is 1.07 bits per heavy atom. The molecule has 8 nitrogen and oxygen atoms in total. The molecule has 0 bridgehead atoms. The molecule has 0 aliphatic rings. The number of ether oxygens (including phenoxy) is 6. The first-order chi connectivity index (χ1) is 20.4. The van der Waals surface area contributed by atoms with Crippen LogP contribution in [0, 0.1) is 0 Å². The number of carbonyl (C=O) groups excluding carboxylic acids is 2. The van der Waals surface area contributed by atoms with Gasteiger partial charge in [-0.1, -0.05) is 12.1 Å². The molecule has 0 radical (unpaired) electrons. The quantitative estimate of drug-likeness (QED) is 0.138. The average molecular weight is 571 g/mol. The Bertz CT molecular complexity index is 1590. The molecule has 4 aromatic carbocycles. The molecule has 0 aliphatic heterocycles. The molecule has 4 aromatic rings. The number of Topliss-reactive ketones (excluding diaryl/α,β-unsaturated/α-hetero) is 2. The van der Waals surface area contributed by atoms with Crippen molar-refractivity contribution in [3.05, 3.63) is 95.1 Å². The lowest BCUT2D eigenvalue weighted by Crippen LogP contribution is -2.16. The summed E-state index contributed by atoms with van der Waals surface area (Å²) in [6.07, 6.45) is 1.33. The molecule has 0 unspecified atom stereocenters. The minimum atomic E-state index is -0.669. The van der Waals surface area contributed by atoms with Gasteiger partial charge in [0.1, 0.15) is 11.5 Å². The Hall–Kier alpha value is -4.98. The minimum Gasteiger partial charge on any atom is -0.497 e.